The largest absolute Gasteiger partial charge is 0.252 e. The number of hydrogen-bond donors (Lipinski definition) is 0. The Bertz CT molecular complexity index is 3030. The number of thiophene rings is 2. The van der Waals surface area contributed by atoms with Crippen molar-refractivity contribution < 1.29 is 0 Å². The number of benzene rings is 2. The van der Waals surface area contributed by atoms with Gasteiger partial charge >= 0.3 is 0 Å². The molecule has 10 rings (SSSR count). The van der Waals surface area contributed by atoms with E-state index in [1.165, 1.54) is 95.9 Å². The molecular formula is C51H51N7S6. The molecule has 2 unspecified atom stereocenters. The second-order valence-corrected chi connectivity index (χ2v) is 22.3. The lowest BCUT2D eigenvalue weighted by Crippen LogP contribution is -2.31. The summed E-state index contributed by atoms with van der Waals surface area (Å²) in [5.74, 6) is 1.21. The van der Waals surface area contributed by atoms with Crippen molar-refractivity contribution in [3.05, 3.63) is 106 Å². The molecule has 0 bridgehead atoms. The highest BCUT2D eigenvalue weighted by atomic mass is 32.2. The van der Waals surface area contributed by atoms with Crippen LogP contribution in [0.25, 0.3) is 67.9 Å². The summed E-state index contributed by atoms with van der Waals surface area (Å²) in [6.45, 7) is 14.1. The molecule has 0 N–H and O–H groups in total. The molecule has 7 nitrogen and oxygen atoms in total. The van der Waals surface area contributed by atoms with E-state index < -0.39 is 0 Å². The van der Waals surface area contributed by atoms with Crippen molar-refractivity contribution in [2.75, 3.05) is 6.26 Å². The summed E-state index contributed by atoms with van der Waals surface area (Å²) in [4.78, 5) is 25.5. The van der Waals surface area contributed by atoms with Crippen molar-refractivity contribution in [3.8, 4) is 30.9 Å². The van der Waals surface area contributed by atoms with Crippen LogP contribution < -0.4 is 0 Å². The highest BCUT2D eigenvalue weighted by Crippen LogP contribution is 2.62. The maximum Gasteiger partial charge on any atom is 0.132 e. The van der Waals surface area contributed by atoms with Crippen LogP contribution in [-0.4, -0.2) is 41.4 Å². The second kappa shape index (κ2) is 18.6. The summed E-state index contributed by atoms with van der Waals surface area (Å²) in [7, 11) is 0. The van der Waals surface area contributed by atoms with Crippen molar-refractivity contribution in [2.24, 2.45) is 21.2 Å². The number of fused-ring (bicyclic) bond motifs is 6. The van der Waals surface area contributed by atoms with Crippen LogP contribution in [-0.2, 0) is 5.41 Å². The van der Waals surface area contributed by atoms with Gasteiger partial charge in [-0.2, -0.15) is 8.75 Å². The first-order chi connectivity index (χ1) is 31.4. The highest BCUT2D eigenvalue weighted by molar-refractivity contribution is 7.97. The first kappa shape index (κ1) is 43.6. The standard InChI is InChI=1S/C51H51N7S6/c1-7-11-17-30(9-3)25-51(26-31(10-4)18-12-8-2)34-23-40(44-42(56-59-6)29(5)32(27-52-44)49-54-36-19-13-15-21-38(36)62-49)60-47(34)48-35(51)24-41(61-48)45-46-43(57-64-58-46)33(28-53-45)50-55-37-20-14-16-22-39(37)63-50/h13-16,19-24,27-28,30-31H,5,7-12,17-18,25-26H2,1-4,6H3. The second-order valence-electron chi connectivity index (χ2n) is 17.1. The third-order valence-electron chi connectivity index (χ3n) is 13.2. The van der Waals surface area contributed by atoms with Crippen LogP contribution in [0, 0.1) is 11.8 Å². The van der Waals surface area contributed by atoms with Crippen molar-refractivity contribution in [2.45, 2.75) is 97.3 Å². The van der Waals surface area contributed by atoms with Gasteiger partial charge in [-0.3, -0.25) is 9.98 Å². The minimum atomic E-state index is -0.150. The Hall–Kier alpha value is -4.24. The Kier molecular flexibility index (Phi) is 12.7. The zero-order valence-corrected chi connectivity index (χ0v) is 41.8. The molecule has 1 aliphatic carbocycles. The van der Waals surface area contributed by atoms with E-state index >= 15 is 0 Å². The Morgan fingerprint density at radius 3 is 1.95 bits per heavy atom. The third kappa shape index (κ3) is 7.77. The van der Waals surface area contributed by atoms with Gasteiger partial charge in [-0.05, 0) is 84.2 Å². The van der Waals surface area contributed by atoms with Gasteiger partial charge in [-0.15, -0.1) is 45.3 Å². The molecule has 7 heterocycles. The average molecular weight is 954 g/mol. The lowest BCUT2D eigenvalue weighted by molar-refractivity contribution is 0.266. The van der Waals surface area contributed by atoms with Crippen LogP contribution in [0.15, 0.2) is 94.6 Å². The van der Waals surface area contributed by atoms with E-state index in [4.69, 9.17) is 33.1 Å². The third-order valence-corrected chi connectivity index (χ3v) is 18.7. The number of para-hydroxylation sites is 2. The predicted octanol–water partition coefficient (Wildman–Crippen LogP) is 16.4. The summed E-state index contributed by atoms with van der Waals surface area (Å²) in [6.07, 6.45) is 18.0. The van der Waals surface area contributed by atoms with Gasteiger partial charge in [0.1, 0.15) is 38.2 Å². The Balaban J connectivity index is 1.14. The van der Waals surface area contributed by atoms with Crippen LogP contribution in [0.3, 0.4) is 0 Å². The molecule has 2 atom stereocenters. The Morgan fingerprint density at radius 2 is 1.33 bits per heavy atom. The van der Waals surface area contributed by atoms with E-state index in [-0.39, 0.29) is 5.41 Å². The normalized spacial score (nSPS) is 17.7. The van der Waals surface area contributed by atoms with Gasteiger partial charge in [-0.25, -0.2) is 14.4 Å². The summed E-state index contributed by atoms with van der Waals surface area (Å²) < 4.78 is 17.2. The minimum absolute atomic E-state index is 0.150. The molecule has 8 aromatic rings. The molecule has 0 saturated carbocycles. The van der Waals surface area contributed by atoms with Crippen molar-refractivity contribution in [1.29, 1.82) is 0 Å². The molecule has 13 heteroatoms. The number of aromatic nitrogens is 5. The van der Waals surface area contributed by atoms with Crippen LogP contribution in [0.1, 0.15) is 113 Å². The maximum atomic E-state index is 5.26. The Labute approximate surface area is 400 Å². The number of nitrogens with zero attached hydrogens (tertiary/aromatic N) is 7. The van der Waals surface area contributed by atoms with Gasteiger partial charge in [-0.1, -0.05) is 110 Å². The van der Waals surface area contributed by atoms with Gasteiger partial charge in [0.25, 0.3) is 0 Å². The SMILES string of the molecule is C=C1C(c2nc3ccccc3s2)=CN=C(c2cc3c(s2)-c2sc(-c4ncc(-c5nc6ccccc6s5)c5nsnc45)cc2C3(CC(CC)CCCC)CC(CC)CCCC)C1=NSC. The fourth-order valence-electron chi connectivity index (χ4n) is 9.78. The monoisotopic (exact) mass is 953 g/mol. The number of thiazole rings is 2. The van der Waals surface area contributed by atoms with E-state index in [1.807, 2.05) is 53.5 Å². The molecule has 0 fully saturated rings. The van der Waals surface area contributed by atoms with Crippen molar-refractivity contribution in [3.63, 3.8) is 0 Å². The molecule has 1 aliphatic heterocycles. The average Bonchev–Trinajstić information content (AvgIpc) is 4.18. The van der Waals surface area contributed by atoms with Crippen LogP contribution >= 0.6 is 69.0 Å². The molecular weight excluding hydrogens is 903 g/mol. The quantitative estimate of drug-likeness (QED) is 0.0845. The van der Waals surface area contributed by atoms with Crippen LogP contribution in [0.2, 0.25) is 0 Å². The number of unbranched alkanes of at least 4 members (excludes halogenated alkanes) is 2. The van der Waals surface area contributed by atoms with Crippen molar-refractivity contribution >= 4 is 117 Å². The van der Waals surface area contributed by atoms with Gasteiger partial charge in [0.05, 0.1) is 47.5 Å². The molecule has 0 amide bonds. The predicted molar refractivity (Wildman–Crippen MR) is 281 cm³/mol. The van der Waals surface area contributed by atoms with E-state index in [9.17, 15) is 0 Å². The summed E-state index contributed by atoms with van der Waals surface area (Å²) >= 11 is 9.85. The zero-order chi connectivity index (χ0) is 44.0. The summed E-state index contributed by atoms with van der Waals surface area (Å²) in [6, 6.07) is 21.6. The molecule has 2 aromatic carbocycles. The fraction of sp³-hybridized carbons (Fsp3) is 0.353. The summed E-state index contributed by atoms with van der Waals surface area (Å²) in [5.41, 5.74) is 11.9. The molecule has 6 aromatic heterocycles. The first-order valence-electron chi connectivity index (χ1n) is 22.6. The minimum Gasteiger partial charge on any atom is -0.252 e. The van der Waals surface area contributed by atoms with Gasteiger partial charge in [0.15, 0.2) is 0 Å². The lowest BCUT2D eigenvalue weighted by Gasteiger charge is -2.37. The topological polar surface area (TPSA) is 89.2 Å². The molecule has 64 heavy (non-hydrogen) atoms. The number of pyridine rings is 1. The molecule has 0 saturated heterocycles. The summed E-state index contributed by atoms with van der Waals surface area (Å²) in [5, 5.41) is 1.85. The number of aliphatic imine (C=N–C) groups is 1. The van der Waals surface area contributed by atoms with Crippen molar-refractivity contribution in [1.82, 2.24) is 23.7 Å². The van der Waals surface area contributed by atoms with Gasteiger partial charge < -0.3 is 0 Å². The number of rotatable bonds is 17. The Morgan fingerprint density at radius 1 is 0.734 bits per heavy atom. The fourth-order valence-corrected chi connectivity index (χ4v) is 15.4. The van der Waals surface area contributed by atoms with E-state index in [0.717, 1.165) is 97.9 Å². The number of allylic oxidation sites excluding steroid dienone is 2. The van der Waals surface area contributed by atoms with E-state index in [1.54, 1.807) is 22.7 Å². The zero-order valence-electron chi connectivity index (χ0n) is 36.9. The van der Waals surface area contributed by atoms with Crippen LogP contribution in [0.5, 0.6) is 0 Å². The van der Waals surface area contributed by atoms with E-state index in [2.05, 4.69) is 82.8 Å². The smallest absolute Gasteiger partial charge is 0.132 e. The number of hydrogen-bond acceptors (Lipinski definition) is 13. The first-order valence-corrected chi connectivity index (χ1v) is 27.8. The highest BCUT2D eigenvalue weighted by Gasteiger charge is 2.48. The van der Waals surface area contributed by atoms with Crippen LogP contribution in [0.4, 0.5) is 0 Å². The van der Waals surface area contributed by atoms with Gasteiger partial charge in [0, 0.05) is 45.0 Å². The molecule has 0 spiro atoms. The molecule has 0 radical (unpaired) electrons. The van der Waals surface area contributed by atoms with Gasteiger partial charge in [0.2, 0.25) is 0 Å². The molecule has 326 valence electrons. The molecule has 2 aliphatic rings. The lowest BCUT2D eigenvalue weighted by atomic mass is 9.65. The van der Waals surface area contributed by atoms with E-state index in [0.29, 0.717) is 11.8 Å². The maximum absolute atomic E-state index is 5.26.